The van der Waals surface area contributed by atoms with Gasteiger partial charge in [-0.2, -0.15) is 0 Å². The summed E-state index contributed by atoms with van der Waals surface area (Å²) < 4.78 is 28.9. The minimum Gasteiger partial charge on any atom is -0.268 e. The second-order valence-electron chi connectivity index (χ2n) is 6.57. The van der Waals surface area contributed by atoms with Gasteiger partial charge >= 0.3 is 0 Å². The number of rotatable bonds is 6. The average Bonchev–Trinajstić information content (AvgIpc) is 3.16. The summed E-state index contributed by atoms with van der Waals surface area (Å²) in [6.45, 7) is 1.96. The van der Waals surface area contributed by atoms with Crippen LogP contribution in [0.1, 0.15) is 18.3 Å². The Bertz CT molecular complexity index is 1380. The second-order valence-corrected chi connectivity index (χ2v) is 10.00. The number of benzene rings is 2. The third-order valence-electron chi connectivity index (χ3n) is 4.51. The molecule has 0 bridgehead atoms. The average molecular weight is 460 g/mol. The number of sulfonamides is 1. The molecule has 0 aliphatic carbocycles. The molecule has 2 heterocycles. The van der Waals surface area contributed by atoms with Crippen LogP contribution >= 0.6 is 22.9 Å². The molecule has 0 saturated heterocycles. The Morgan fingerprint density at radius 1 is 1.10 bits per heavy atom. The van der Waals surface area contributed by atoms with Gasteiger partial charge in [0.25, 0.3) is 5.56 Å². The van der Waals surface area contributed by atoms with Crippen LogP contribution in [0.25, 0.3) is 15.9 Å². The lowest BCUT2D eigenvalue weighted by atomic mass is 10.1. The Labute approximate surface area is 182 Å². The smallest absolute Gasteiger partial charge is 0.266 e. The zero-order valence-electron chi connectivity index (χ0n) is 16.0. The van der Waals surface area contributed by atoms with Gasteiger partial charge in [0.1, 0.15) is 14.9 Å². The molecule has 0 aliphatic heterocycles. The van der Waals surface area contributed by atoms with Crippen molar-refractivity contribution < 1.29 is 8.42 Å². The Morgan fingerprint density at radius 2 is 1.80 bits per heavy atom. The van der Waals surface area contributed by atoms with Crippen LogP contribution in [-0.4, -0.2) is 24.5 Å². The number of hydrogen-bond donors (Lipinski definition) is 1. The molecule has 4 rings (SSSR count). The maximum absolute atomic E-state index is 13.4. The SMILES string of the molecule is CCNS(=O)(=O)c1cc2c(=O)n(-c3ccccc3Cl)c(Cc3ccccc3)nc2s1. The number of aromatic nitrogens is 2. The predicted octanol–water partition coefficient (Wildman–Crippen LogP) is 3.99. The first-order valence-electron chi connectivity index (χ1n) is 9.24. The summed E-state index contributed by atoms with van der Waals surface area (Å²) >= 11 is 7.37. The van der Waals surface area contributed by atoms with Crippen LogP contribution in [0.3, 0.4) is 0 Å². The topological polar surface area (TPSA) is 81.1 Å². The highest BCUT2D eigenvalue weighted by atomic mass is 35.5. The monoisotopic (exact) mass is 459 g/mol. The summed E-state index contributed by atoms with van der Waals surface area (Å²) in [5.74, 6) is 0.487. The van der Waals surface area contributed by atoms with E-state index in [-0.39, 0.29) is 21.7 Å². The van der Waals surface area contributed by atoms with Gasteiger partial charge in [0.15, 0.2) is 0 Å². The van der Waals surface area contributed by atoms with Gasteiger partial charge < -0.3 is 0 Å². The number of thiophene rings is 1. The molecule has 0 aliphatic rings. The van der Waals surface area contributed by atoms with Crippen molar-refractivity contribution in [2.24, 2.45) is 0 Å². The maximum Gasteiger partial charge on any atom is 0.266 e. The zero-order chi connectivity index (χ0) is 21.3. The van der Waals surface area contributed by atoms with Crippen molar-refractivity contribution >= 4 is 43.2 Å². The number of nitrogens with zero attached hydrogens (tertiary/aromatic N) is 2. The van der Waals surface area contributed by atoms with Gasteiger partial charge in [-0.1, -0.05) is 61.0 Å². The second kappa shape index (κ2) is 8.31. The molecule has 1 N–H and O–H groups in total. The minimum absolute atomic E-state index is 0.0616. The largest absolute Gasteiger partial charge is 0.268 e. The molecule has 0 radical (unpaired) electrons. The molecular weight excluding hydrogens is 442 g/mol. The first-order chi connectivity index (χ1) is 14.4. The van der Waals surface area contributed by atoms with E-state index in [4.69, 9.17) is 11.6 Å². The number of nitrogens with one attached hydrogen (secondary N) is 1. The van der Waals surface area contributed by atoms with Gasteiger partial charge in [0.05, 0.1) is 16.1 Å². The predicted molar refractivity (Wildman–Crippen MR) is 120 cm³/mol. The normalized spacial score (nSPS) is 11.8. The number of halogens is 1. The lowest BCUT2D eigenvalue weighted by molar-refractivity contribution is 0.586. The summed E-state index contributed by atoms with van der Waals surface area (Å²) in [7, 11) is -3.69. The van der Waals surface area contributed by atoms with E-state index >= 15 is 0 Å². The van der Waals surface area contributed by atoms with Gasteiger partial charge in [0, 0.05) is 13.0 Å². The molecule has 30 heavy (non-hydrogen) atoms. The number of fused-ring (bicyclic) bond motifs is 1. The molecule has 154 valence electrons. The lowest BCUT2D eigenvalue weighted by Gasteiger charge is -2.14. The van der Waals surface area contributed by atoms with Gasteiger partial charge in [-0.3, -0.25) is 9.36 Å². The summed E-state index contributed by atoms with van der Waals surface area (Å²) in [6, 6.07) is 18.0. The quantitative estimate of drug-likeness (QED) is 0.472. The van der Waals surface area contributed by atoms with Crippen molar-refractivity contribution in [2.45, 2.75) is 17.6 Å². The summed E-state index contributed by atoms with van der Waals surface area (Å²) in [5, 5.41) is 0.652. The van der Waals surface area contributed by atoms with E-state index in [9.17, 15) is 13.2 Å². The van der Waals surface area contributed by atoms with Crippen molar-refractivity contribution in [3.63, 3.8) is 0 Å². The van der Waals surface area contributed by atoms with Crippen molar-refractivity contribution in [3.8, 4) is 5.69 Å². The van der Waals surface area contributed by atoms with E-state index < -0.39 is 10.0 Å². The van der Waals surface area contributed by atoms with Crippen LogP contribution in [0.4, 0.5) is 0 Å². The molecule has 9 heteroatoms. The molecule has 2 aromatic carbocycles. The molecular formula is C21H18ClN3O3S2. The lowest BCUT2D eigenvalue weighted by Crippen LogP contribution is -2.24. The highest BCUT2D eigenvalue weighted by Gasteiger charge is 2.22. The minimum atomic E-state index is -3.69. The fourth-order valence-electron chi connectivity index (χ4n) is 3.17. The molecule has 0 unspecified atom stereocenters. The van der Waals surface area contributed by atoms with Crippen LogP contribution in [0.5, 0.6) is 0 Å². The highest BCUT2D eigenvalue weighted by Crippen LogP contribution is 2.28. The van der Waals surface area contributed by atoms with E-state index in [1.54, 1.807) is 31.2 Å². The Morgan fingerprint density at radius 3 is 2.50 bits per heavy atom. The van der Waals surface area contributed by atoms with Gasteiger partial charge in [-0.05, 0) is 23.8 Å². The first kappa shape index (κ1) is 20.7. The van der Waals surface area contributed by atoms with Crippen molar-refractivity contribution in [2.75, 3.05) is 6.54 Å². The Balaban J connectivity index is 1.99. The zero-order valence-corrected chi connectivity index (χ0v) is 18.4. The van der Waals surface area contributed by atoms with Crippen LogP contribution in [0.15, 0.2) is 69.7 Å². The van der Waals surface area contributed by atoms with E-state index in [1.807, 2.05) is 30.3 Å². The molecule has 4 aromatic rings. The molecule has 0 spiro atoms. The molecule has 0 amide bonds. The summed E-state index contributed by atoms with van der Waals surface area (Å²) in [6.07, 6.45) is 0.393. The number of hydrogen-bond acceptors (Lipinski definition) is 5. The fraction of sp³-hybridized carbons (Fsp3) is 0.143. The first-order valence-corrected chi connectivity index (χ1v) is 11.9. The van der Waals surface area contributed by atoms with Crippen LogP contribution in [-0.2, 0) is 16.4 Å². The molecule has 2 aromatic heterocycles. The van der Waals surface area contributed by atoms with Gasteiger partial charge in [-0.25, -0.2) is 18.1 Å². The maximum atomic E-state index is 13.4. The van der Waals surface area contributed by atoms with Crippen molar-refractivity contribution in [1.82, 2.24) is 14.3 Å². The highest BCUT2D eigenvalue weighted by molar-refractivity contribution is 7.91. The van der Waals surface area contributed by atoms with E-state index in [0.717, 1.165) is 16.9 Å². The molecule has 0 atom stereocenters. The van der Waals surface area contributed by atoms with Crippen LogP contribution < -0.4 is 10.3 Å². The van der Waals surface area contributed by atoms with Gasteiger partial charge in [0.2, 0.25) is 10.0 Å². The van der Waals surface area contributed by atoms with E-state index in [2.05, 4.69) is 9.71 Å². The summed E-state index contributed by atoms with van der Waals surface area (Å²) in [5.41, 5.74) is 1.13. The van der Waals surface area contributed by atoms with Crippen molar-refractivity contribution in [1.29, 1.82) is 0 Å². The molecule has 0 saturated carbocycles. The standard InChI is InChI=1S/C21H18ClN3O3S2/c1-2-23-30(27,28)19-13-15-20(29-19)24-18(12-14-8-4-3-5-9-14)25(21(15)26)17-11-7-6-10-16(17)22/h3-11,13,23H,2,12H2,1H3. The van der Waals surface area contributed by atoms with E-state index in [1.165, 1.54) is 10.6 Å². The van der Waals surface area contributed by atoms with E-state index in [0.29, 0.717) is 27.8 Å². The van der Waals surface area contributed by atoms with Crippen LogP contribution in [0, 0.1) is 0 Å². The van der Waals surface area contributed by atoms with Gasteiger partial charge in [-0.15, -0.1) is 11.3 Å². The van der Waals surface area contributed by atoms with Crippen LogP contribution in [0.2, 0.25) is 5.02 Å². The Hall–Kier alpha value is -2.52. The third-order valence-corrected chi connectivity index (χ3v) is 7.88. The summed E-state index contributed by atoms with van der Waals surface area (Å²) in [4.78, 5) is 18.5. The number of para-hydroxylation sites is 1. The molecule has 6 nitrogen and oxygen atoms in total. The molecule has 0 fully saturated rings. The Kier molecular flexibility index (Phi) is 5.75. The van der Waals surface area contributed by atoms with Crippen molar-refractivity contribution in [3.05, 3.63) is 87.4 Å². The fourth-order valence-corrected chi connectivity index (χ4v) is 5.82. The third kappa shape index (κ3) is 3.91.